The van der Waals surface area contributed by atoms with Crippen LogP contribution < -0.4 is 0 Å². The lowest BCUT2D eigenvalue weighted by Gasteiger charge is -2.38. The van der Waals surface area contributed by atoms with Gasteiger partial charge in [-0.3, -0.25) is 4.31 Å². The third-order valence-corrected chi connectivity index (χ3v) is 6.33. The molecule has 1 aliphatic rings. The second-order valence-electron chi connectivity index (χ2n) is 5.18. The summed E-state index contributed by atoms with van der Waals surface area (Å²) in [5, 5.41) is 0. The van der Waals surface area contributed by atoms with Gasteiger partial charge in [0.05, 0.1) is 0 Å². The van der Waals surface area contributed by atoms with Crippen LogP contribution in [0.4, 0.5) is 4.39 Å². The van der Waals surface area contributed by atoms with E-state index in [0.29, 0.717) is 0 Å². The number of benzene rings is 1. The Morgan fingerprint density at radius 2 is 1.84 bits per heavy atom. The zero-order chi connectivity index (χ0) is 14.0. The molecule has 0 N–H and O–H groups in total. The van der Waals surface area contributed by atoms with E-state index in [4.69, 9.17) is 0 Å². The topological polar surface area (TPSA) is 6.48 Å². The quantitative estimate of drug-likeness (QED) is 0.786. The van der Waals surface area contributed by atoms with E-state index in [1.807, 2.05) is 6.07 Å². The maximum atomic E-state index is 13.6. The Hall–Kier alpha value is -0.840. The molecule has 19 heavy (non-hydrogen) atoms. The zero-order valence-electron chi connectivity index (χ0n) is 11.9. The van der Waals surface area contributed by atoms with Crippen molar-refractivity contribution in [2.24, 2.45) is 0 Å². The fraction of sp³-hybridized carbons (Fsp3) is 0.467. The van der Waals surface area contributed by atoms with Crippen LogP contribution in [0.1, 0.15) is 12.5 Å². The highest BCUT2D eigenvalue weighted by Gasteiger charge is 2.20. The molecule has 1 aliphatic heterocycles. The van der Waals surface area contributed by atoms with Gasteiger partial charge < -0.3 is 4.90 Å². The molecule has 1 aromatic rings. The highest BCUT2D eigenvalue weighted by atomic mass is 32.2. The molecule has 1 fully saturated rings. The van der Waals surface area contributed by atoms with Crippen LogP contribution >= 0.6 is 9.39 Å². The van der Waals surface area contributed by atoms with Crippen LogP contribution in [0.2, 0.25) is 0 Å². The van der Waals surface area contributed by atoms with Crippen molar-refractivity contribution in [3.05, 3.63) is 29.6 Å². The van der Waals surface area contributed by atoms with Gasteiger partial charge in [-0.25, -0.2) is 4.39 Å². The van der Waals surface area contributed by atoms with Gasteiger partial charge in [0, 0.05) is 31.1 Å². The van der Waals surface area contributed by atoms with Gasteiger partial charge in [0.15, 0.2) is 0 Å². The second kappa shape index (κ2) is 5.65. The Morgan fingerprint density at radius 1 is 1.21 bits per heavy atom. The van der Waals surface area contributed by atoms with Crippen molar-refractivity contribution in [1.82, 2.24) is 9.21 Å². The predicted molar refractivity (Wildman–Crippen MR) is 84.9 cm³/mol. The first kappa shape index (κ1) is 14.6. The van der Waals surface area contributed by atoms with Crippen molar-refractivity contribution in [2.45, 2.75) is 18.2 Å². The summed E-state index contributed by atoms with van der Waals surface area (Å²) in [5.41, 5.74) is 1.17. The molecule has 0 radical (unpaired) electrons. The summed E-state index contributed by atoms with van der Waals surface area (Å²) in [6.07, 6.45) is 0.892. The molecule has 1 aromatic carbocycles. The van der Waals surface area contributed by atoms with E-state index in [-0.39, 0.29) is 5.82 Å². The monoisotopic (exact) mass is 282 g/mol. The van der Waals surface area contributed by atoms with Gasteiger partial charge in [0.1, 0.15) is 5.82 Å². The lowest BCUT2D eigenvalue weighted by molar-refractivity contribution is 0.232. The summed E-state index contributed by atoms with van der Waals surface area (Å²) >= 11 is 0. The molecule has 106 valence electrons. The van der Waals surface area contributed by atoms with Gasteiger partial charge in [-0.1, -0.05) is 24.7 Å². The molecule has 0 saturated carbocycles. The fourth-order valence-electron chi connectivity index (χ4n) is 2.45. The van der Waals surface area contributed by atoms with E-state index in [0.717, 1.165) is 37.5 Å². The second-order valence-corrected chi connectivity index (χ2v) is 7.82. The normalized spacial score (nSPS) is 18.7. The van der Waals surface area contributed by atoms with E-state index in [1.54, 1.807) is 6.07 Å². The number of likely N-dealkylation sites (N-methyl/N-ethyl adjacent to an activating group) is 1. The van der Waals surface area contributed by atoms with E-state index >= 15 is 0 Å². The third-order valence-electron chi connectivity index (χ3n) is 3.78. The minimum atomic E-state index is -1.58. The van der Waals surface area contributed by atoms with Crippen LogP contribution in [0.15, 0.2) is 23.1 Å². The molecule has 2 rings (SSSR count). The first-order chi connectivity index (χ1) is 8.95. The number of aryl methyl sites for hydroxylation is 1. The molecule has 0 spiro atoms. The molecule has 0 aromatic heterocycles. The first-order valence-electron chi connectivity index (χ1n) is 6.66. The molecule has 2 nitrogen and oxygen atoms in total. The van der Waals surface area contributed by atoms with E-state index in [1.165, 1.54) is 11.6 Å². The van der Waals surface area contributed by atoms with Crippen molar-refractivity contribution >= 4 is 21.1 Å². The number of halogens is 1. The number of nitrogens with zero attached hydrogens (tertiary/aromatic N) is 2. The maximum Gasteiger partial charge on any atom is 0.124 e. The summed E-state index contributed by atoms with van der Waals surface area (Å²) < 4.78 is 15.9. The van der Waals surface area contributed by atoms with Crippen molar-refractivity contribution < 1.29 is 4.39 Å². The van der Waals surface area contributed by atoms with Gasteiger partial charge in [0.25, 0.3) is 0 Å². The average molecular weight is 282 g/mol. The first-order valence-corrected chi connectivity index (χ1v) is 8.59. The molecule has 4 heteroatoms. The van der Waals surface area contributed by atoms with Gasteiger partial charge in [-0.2, -0.15) is 0 Å². The van der Waals surface area contributed by atoms with Gasteiger partial charge >= 0.3 is 0 Å². The minimum Gasteiger partial charge on any atom is -0.304 e. The Labute approximate surface area is 116 Å². The summed E-state index contributed by atoms with van der Waals surface area (Å²) in [4.78, 5) is 3.30. The molecule has 0 amide bonds. The van der Waals surface area contributed by atoms with Crippen LogP contribution in [0, 0.1) is 5.82 Å². The third kappa shape index (κ3) is 3.02. The lowest BCUT2D eigenvalue weighted by atomic mass is 10.2. The van der Waals surface area contributed by atoms with E-state index < -0.39 is 9.39 Å². The van der Waals surface area contributed by atoms with Crippen LogP contribution in [0.25, 0.3) is 0 Å². The van der Waals surface area contributed by atoms with Crippen molar-refractivity contribution in [1.29, 1.82) is 0 Å². The van der Waals surface area contributed by atoms with Crippen molar-refractivity contribution in [3.63, 3.8) is 0 Å². The average Bonchev–Trinajstić information content (AvgIpc) is 2.39. The smallest absolute Gasteiger partial charge is 0.124 e. The number of hydrogen-bond acceptors (Lipinski definition) is 2. The lowest BCUT2D eigenvalue weighted by Crippen LogP contribution is -2.42. The van der Waals surface area contributed by atoms with Gasteiger partial charge in [0.2, 0.25) is 0 Å². The molecule has 1 heterocycles. The summed E-state index contributed by atoms with van der Waals surface area (Å²) in [5.74, 6) is 8.51. The highest BCUT2D eigenvalue weighted by Crippen LogP contribution is 2.39. The highest BCUT2D eigenvalue weighted by molar-refractivity contribution is 8.25. The largest absolute Gasteiger partial charge is 0.304 e. The molecule has 0 unspecified atom stereocenters. The van der Waals surface area contributed by atoms with Crippen molar-refractivity contribution in [2.75, 3.05) is 33.2 Å². The Kier molecular flexibility index (Phi) is 4.33. The van der Waals surface area contributed by atoms with Crippen LogP contribution in [-0.4, -0.2) is 54.2 Å². The molecule has 0 bridgehead atoms. The van der Waals surface area contributed by atoms with Gasteiger partial charge in [-0.05, 0) is 31.2 Å². The zero-order valence-corrected chi connectivity index (χ0v) is 12.7. The number of hydrogen-bond donors (Lipinski definition) is 0. The maximum absolute atomic E-state index is 13.6. The number of piperazine rings is 1. The van der Waals surface area contributed by atoms with E-state index in [2.05, 4.69) is 34.9 Å². The summed E-state index contributed by atoms with van der Waals surface area (Å²) in [7, 11) is 0.541. The molecule has 0 aliphatic carbocycles. The Morgan fingerprint density at radius 3 is 2.42 bits per heavy atom. The Bertz CT molecular complexity index is 543. The SMILES string of the molecule is C=S(=C)(c1cc(F)ccc1CC)N1CCN(C)CC1. The van der Waals surface area contributed by atoms with Crippen LogP contribution in [0.3, 0.4) is 0 Å². The predicted octanol–water partition coefficient (Wildman–Crippen LogP) is 2.58. The molecular weight excluding hydrogens is 259 g/mol. The van der Waals surface area contributed by atoms with Crippen LogP contribution in [-0.2, 0) is 6.42 Å². The summed E-state index contributed by atoms with van der Waals surface area (Å²) in [6.45, 7) is 6.06. The Balaban J connectivity index is 2.36. The molecule has 1 saturated heterocycles. The molecular formula is C15H23FN2S. The standard InChI is InChI=1S/C15H23FN2S/c1-5-13-6-7-14(16)12-15(13)19(3,4)18-10-8-17(2)9-11-18/h6-7,12H,3-5,8-11H2,1-2H3. The summed E-state index contributed by atoms with van der Waals surface area (Å²) in [6, 6.07) is 5.03. The number of rotatable bonds is 3. The molecule has 0 atom stereocenters. The van der Waals surface area contributed by atoms with Gasteiger partial charge in [-0.15, -0.1) is 9.39 Å². The van der Waals surface area contributed by atoms with Crippen molar-refractivity contribution in [3.8, 4) is 0 Å². The van der Waals surface area contributed by atoms with E-state index in [9.17, 15) is 4.39 Å². The van der Waals surface area contributed by atoms with Crippen LogP contribution in [0.5, 0.6) is 0 Å². The fourth-order valence-corrected chi connectivity index (χ4v) is 4.62. The minimum absolute atomic E-state index is 0.189.